The molecule has 0 spiro atoms. The van der Waals surface area contributed by atoms with E-state index in [1.807, 2.05) is 41.3 Å². The third-order valence-electron chi connectivity index (χ3n) is 17.1. The van der Waals surface area contributed by atoms with Crippen LogP contribution in [0, 0.1) is 40.3 Å². The molecule has 1 aliphatic rings. The van der Waals surface area contributed by atoms with Gasteiger partial charge in [-0.05, 0) is 237 Å². The van der Waals surface area contributed by atoms with E-state index in [-0.39, 0.29) is 0 Å². The molecular weight excluding hydrogens is 1070 g/mol. The van der Waals surface area contributed by atoms with E-state index < -0.39 is 45.7 Å². The van der Waals surface area contributed by atoms with Crippen LogP contribution >= 0.6 is 0 Å². The van der Waals surface area contributed by atoms with Gasteiger partial charge in [-0.3, -0.25) is 0 Å². The monoisotopic (exact) mass is 1130 g/mol. The summed E-state index contributed by atoms with van der Waals surface area (Å²) < 4.78 is 90.3. The molecule has 0 radical (unpaired) electrons. The van der Waals surface area contributed by atoms with Gasteiger partial charge >= 0.3 is 0 Å². The van der Waals surface area contributed by atoms with E-state index >= 15 is 17.6 Å². The molecule has 0 atom stereocenters. The maximum Gasteiger partial charge on any atom is 0.123 e. The Hall–Kier alpha value is -9.86. The number of allylic oxidation sites excluding steroid dienone is 1. The lowest BCUT2D eigenvalue weighted by molar-refractivity contribution is 0.231. The zero-order valence-corrected chi connectivity index (χ0v) is 47.2. The van der Waals surface area contributed by atoms with Crippen molar-refractivity contribution in [3.8, 4) is 11.1 Å². The van der Waals surface area contributed by atoms with Crippen LogP contribution in [0.1, 0.15) is 56.4 Å². The first-order chi connectivity index (χ1) is 41.1. The van der Waals surface area contributed by atoms with Crippen LogP contribution in [0.4, 0.5) is 77.5 Å². The molecule has 0 amide bonds. The number of halogens is 6. The number of anilines is 9. The molecule has 0 unspecified atom stereocenters. The van der Waals surface area contributed by atoms with Crippen molar-refractivity contribution >= 4 is 89.1 Å². The molecule has 0 aromatic heterocycles. The van der Waals surface area contributed by atoms with Gasteiger partial charge in [-0.15, -0.1) is 0 Å². The highest BCUT2D eigenvalue weighted by atomic mass is 19.1. The van der Waals surface area contributed by atoms with Crippen molar-refractivity contribution in [2.45, 2.75) is 46.0 Å². The average Bonchev–Trinajstić information content (AvgIpc) is 1.57. The van der Waals surface area contributed by atoms with E-state index in [0.29, 0.717) is 47.0 Å². The second kappa shape index (κ2) is 21.4. The summed E-state index contributed by atoms with van der Waals surface area (Å²) in [6.07, 6.45) is 0.975. The van der Waals surface area contributed by atoms with E-state index in [9.17, 15) is 8.78 Å². The quantitative estimate of drug-likeness (QED) is 0.107. The molecule has 0 saturated carbocycles. The summed E-state index contributed by atoms with van der Waals surface area (Å²) in [6, 6.07) is 69.6. The minimum Gasteiger partial charge on any atom is -0.310 e. The second-order valence-corrected chi connectivity index (χ2v) is 22.9. The Morgan fingerprint density at radius 1 is 0.365 bits per heavy atom. The molecule has 0 aliphatic heterocycles. The fourth-order valence-corrected chi connectivity index (χ4v) is 13.1. The minimum absolute atomic E-state index is 0.360. The predicted octanol–water partition coefficient (Wildman–Crippen LogP) is 22.4. The molecule has 0 saturated heterocycles. The van der Waals surface area contributed by atoms with E-state index in [2.05, 4.69) is 92.1 Å². The molecule has 13 rings (SSSR count). The highest BCUT2D eigenvalue weighted by Gasteiger charge is 2.53. The first-order valence-corrected chi connectivity index (χ1v) is 28.4. The van der Waals surface area contributed by atoms with Crippen LogP contribution in [-0.2, 0) is 11.8 Å². The third kappa shape index (κ3) is 9.35. The van der Waals surface area contributed by atoms with Crippen molar-refractivity contribution in [3.05, 3.63) is 300 Å². The highest BCUT2D eigenvalue weighted by Crippen LogP contribution is 2.65. The fourth-order valence-electron chi connectivity index (χ4n) is 13.1. The number of nitrogens with zero attached hydrogens (tertiary/aromatic N) is 3. The predicted molar refractivity (Wildman–Crippen MR) is 338 cm³/mol. The first-order valence-electron chi connectivity index (χ1n) is 28.4. The summed E-state index contributed by atoms with van der Waals surface area (Å²) in [6.45, 7) is 13.7. The highest BCUT2D eigenvalue weighted by molar-refractivity contribution is 6.18. The molecule has 3 nitrogen and oxygen atoms in total. The molecule has 0 bridgehead atoms. The van der Waals surface area contributed by atoms with Crippen LogP contribution in [0.15, 0.2) is 243 Å². The van der Waals surface area contributed by atoms with Gasteiger partial charge in [0.25, 0.3) is 0 Å². The first kappa shape index (κ1) is 54.4. The van der Waals surface area contributed by atoms with Gasteiger partial charge in [0.1, 0.15) is 34.9 Å². The number of benzene rings is 12. The molecule has 0 heterocycles. The Balaban J connectivity index is 1.20. The van der Waals surface area contributed by atoms with E-state index in [0.717, 1.165) is 88.3 Å². The Labute approximate surface area is 490 Å². The van der Waals surface area contributed by atoms with Crippen molar-refractivity contribution in [2.75, 3.05) is 14.7 Å². The zero-order chi connectivity index (χ0) is 58.9. The van der Waals surface area contributed by atoms with Crippen LogP contribution in [0.2, 0.25) is 0 Å². The normalized spacial score (nSPS) is 12.6. The summed E-state index contributed by atoms with van der Waals surface area (Å²) >= 11 is 0. The van der Waals surface area contributed by atoms with Gasteiger partial charge in [-0.1, -0.05) is 107 Å². The van der Waals surface area contributed by atoms with Crippen molar-refractivity contribution in [1.82, 2.24) is 0 Å². The van der Waals surface area contributed by atoms with Gasteiger partial charge in [-0.25, -0.2) is 26.3 Å². The lowest BCUT2D eigenvalue weighted by Crippen LogP contribution is -2.42. The van der Waals surface area contributed by atoms with Crippen LogP contribution in [0.25, 0.3) is 49.0 Å². The van der Waals surface area contributed by atoms with Crippen LogP contribution in [-0.4, -0.2) is 0 Å². The maximum atomic E-state index is 15.1. The van der Waals surface area contributed by atoms with Crippen LogP contribution in [0.5, 0.6) is 0 Å². The van der Waals surface area contributed by atoms with Crippen molar-refractivity contribution in [3.63, 3.8) is 0 Å². The third-order valence-corrected chi connectivity index (χ3v) is 17.1. The Morgan fingerprint density at radius 3 is 0.906 bits per heavy atom. The molecule has 418 valence electrons. The molecule has 1 aliphatic carbocycles. The van der Waals surface area contributed by atoms with Gasteiger partial charge < -0.3 is 14.7 Å². The van der Waals surface area contributed by atoms with E-state index in [4.69, 9.17) is 6.58 Å². The van der Waals surface area contributed by atoms with Gasteiger partial charge in [0.2, 0.25) is 0 Å². The number of fused-ring (bicyclic) bond motifs is 8. The Morgan fingerprint density at radius 2 is 0.624 bits per heavy atom. The summed E-state index contributed by atoms with van der Waals surface area (Å²) in [5, 5.41) is 5.50. The molecule has 12 aromatic carbocycles. The molecule has 9 heteroatoms. The smallest absolute Gasteiger partial charge is 0.123 e. The summed E-state index contributed by atoms with van der Waals surface area (Å²) in [5.41, 5.74) is 11.4. The Bertz CT molecular complexity index is 4210. The minimum atomic E-state index is -1.01. The maximum absolute atomic E-state index is 15.1. The standard InChI is InChI=1S/C76H57F6N3/c1-6-47(2)72-48(43-69(61-13-7-10-16-64(61)72)83(55-31-19-49(77)20-32-55)56-33-21-50(78)22-34-56)46-76(75(3,4)5)67-44-70(84(57-35-23-51(79)24-36-57)58-37-25-52(80)26-38-58)62-14-8-11-17-65(62)73(67)74-66-18-12-9-15-63(66)71(45-68(74)76)85(59-39-27-53(81)28-40-59)60-41-29-54(82)30-42-60/h7-45H,2,6,46H2,1,3-5H3. The topological polar surface area (TPSA) is 9.72 Å². The van der Waals surface area contributed by atoms with Crippen molar-refractivity contribution in [2.24, 2.45) is 5.41 Å². The Kier molecular flexibility index (Phi) is 13.7. The van der Waals surface area contributed by atoms with Gasteiger partial charge in [0.05, 0.1) is 17.1 Å². The summed E-state index contributed by atoms with van der Waals surface area (Å²) in [4.78, 5) is 6.18. The van der Waals surface area contributed by atoms with Crippen molar-refractivity contribution in [1.29, 1.82) is 0 Å². The van der Waals surface area contributed by atoms with Crippen LogP contribution in [0.3, 0.4) is 0 Å². The summed E-state index contributed by atoms with van der Waals surface area (Å²) in [7, 11) is 0. The molecule has 0 fully saturated rings. The van der Waals surface area contributed by atoms with Crippen molar-refractivity contribution < 1.29 is 26.3 Å². The lowest BCUT2D eigenvalue weighted by Gasteiger charge is -2.46. The van der Waals surface area contributed by atoms with Crippen LogP contribution < -0.4 is 14.7 Å². The largest absolute Gasteiger partial charge is 0.310 e. The number of hydrogen-bond acceptors (Lipinski definition) is 3. The molecule has 85 heavy (non-hydrogen) atoms. The molecule has 0 N–H and O–H groups in total. The zero-order valence-electron chi connectivity index (χ0n) is 47.2. The number of rotatable bonds is 13. The van der Waals surface area contributed by atoms with E-state index in [1.165, 1.54) is 72.8 Å². The van der Waals surface area contributed by atoms with E-state index in [1.54, 1.807) is 72.8 Å². The second-order valence-electron chi connectivity index (χ2n) is 22.9. The van der Waals surface area contributed by atoms with Gasteiger partial charge in [0, 0.05) is 55.7 Å². The fraction of sp³-hybridized carbons (Fsp3) is 0.105. The van der Waals surface area contributed by atoms with Gasteiger partial charge in [-0.2, -0.15) is 0 Å². The SMILES string of the molecule is C=C(CC)c1c(CC2(C(C)(C)C)c3cc(N(c4ccc(F)cc4)c4ccc(F)cc4)c4ccccc4c3-c3c2cc(N(c2ccc(F)cc2)c2ccc(F)cc2)c2ccccc32)cc(N(c2ccc(F)cc2)c2ccc(F)cc2)c2ccccc12. The number of hydrogen-bond donors (Lipinski definition) is 0. The molecule has 12 aromatic rings. The molecular formula is C76H57F6N3. The average molecular weight is 1130 g/mol. The lowest BCUT2D eigenvalue weighted by atomic mass is 9.57. The summed E-state index contributed by atoms with van der Waals surface area (Å²) in [5.74, 6) is -2.42. The van der Waals surface area contributed by atoms with Gasteiger partial charge in [0.15, 0.2) is 0 Å².